The summed E-state index contributed by atoms with van der Waals surface area (Å²) in [6.07, 6.45) is 0. The fourth-order valence-electron chi connectivity index (χ4n) is 3.41. The molecule has 2 N–H and O–H groups in total. The number of carbonyl (C=O) groups is 1. The standard InChI is InChI=1S/C24H15Cl3N2O4/c25-13-2-1-3-15(8-13)31-12-22(30)32-16-5-7-18-21(10-16)33-24(29)19(11-28)23(18)17-6-4-14(26)9-20(17)27/h1-10,23H,12,29H2. The number of fused-ring (bicyclic) bond motifs is 1. The maximum Gasteiger partial charge on any atom is 0.349 e. The molecule has 166 valence electrons. The molecule has 0 aromatic heterocycles. The summed E-state index contributed by atoms with van der Waals surface area (Å²) in [4.78, 5) is 12.2. The minimum atomic E-state index is -0.621. The highest BCUT2D eigenvalue weighted by molar-refractivity contribution is 6.35. The van der Waals surface area contributed by atoms with Gasteiger partial charge in [-0.3, -0.25) is 0 Å². The quantitative estimate of drug-likeness (QED) is 0.348. The number of esters is 1. The highest BCUT2D eigenvalue weighted by atomic mass is 35.5. The number of nitriles is 1. The third kappa shape index (κ3) is 5.01. The molecule has 0 bridgehead atoms. The molecule has 0 saturated heterocycles. The topological polar surface area (TPSA) is 94.6 Å². The monoisotopic (exact) mass is 500 g/mol. The highest BCUT2D eigenvalue weighted by Crippen LogP contribution is 2.45. The zero-order chi connectivity index (χ0) is 23.5. The molecule has 0 saturated carbocycles. The molecular formula is C24H15Cl3N2O4. The Labute approximate surface area is 204 Å². The molecule has 6 nitrogen and oxygen atoms in total. The second-order valence-electron chi connectivity index (χ2n) is 7.01. The molecule has 0 radical (unpaired) electrons. The van der Waals surface area contributed by atoms with E-state index in [1.54, 1.807) is 54.6 Å². The normalized spacial score (nSPS) is 14.7. The lowest BCUT2D eigenvalue weighted by molar-refractivity contribution is -0.136. The minimum absolute atomic E-state index is 0.0613. The number of ether oxygens (including phenoxy) is 3. The Balaban J connectivity index is 1.57. The number of hydrogen-bond acceptors (Lipinski definition) is 6. The van der Waals surface area contributed by atoms with Crippen molar-refractivity contribution in [3.8, 4) is 23.3 Å². The molecule has 0 aliphatic carbocycles. The van der Waals surface area contributed by atoms with Gasteiger partial charge in [-0.05, 0) is 42.0 Å². The van der Waals surface area contributed by atoms with Crippen LogP contribution in [0.2, 0.25) is 15.1 Å². The summed E-state index contributed by atoms with van der Waals surface area (Å²) in [5.74, 6) is -0.249. The molecule has 0 fully saturated rings. The number of nitrogens with zero attached hydrogens (tertiary/aromatic N) is 1. The van der Waals surface area contributed by atoms with Crippen LogP contribution in [0, 0.1) is 11.3 Å². The van der Waals surface area contributed by atoms with Gasteiger partial charge in [-0.2, -0.15) is 5.26 Å². The van der Waals surface area contributed by atoms with E-state index in [-0.39, 0.29) is 23.8 Å². The molecule has 4 rings (SSSR count). The lowest BCUT2D eigenvalue weighted by atomic mass is 9.83. The van der Waals surface area contributed by atoms with E-state index in [1.807, 2.05) is 0 Å². The molecule has 0 spiro atoms. The molecule has 1 aliphatic heterocycles. The van der Waals surface area contributed by atoms with E-state index in [1.165, 1.54) is 6.07 Å². The van der Waals surface area contributed by atoms with Crippen molar-refractivity contribution in [1.29, 1.82) is 5.26 Å². The molecule has 3 aromatic carbocycles. The summed E-state index contributed by atoms with van der Waals surface area (Å²) in [6, 6.07) is 18.6. The third-order valence-corrected chi connectivity index (χ3v) is 5.65. The molecule has 1 heterocycles. The van der Waals surface area contributed by atoms with Gasteiger partial charge in [-0.25, -0.2) is 4.79 Å². The number of rotatable bonds is 5. The van der Waals surface area contributed by atoms with Gasteiger partial charge in [0, 0.05) is 26.7 Å². The van der Waals surface area contributed by atoms with Gasteiger partial charge in [0.2, 0.25) is 5.88 Å². The first-order chi connectivity index (χ1) is 15.9. The number of benzene rings is 3. The van der Waals surface area contributed by atoms with Crippen LogP contribution in [0.25, 0.3) is 0 Å². The maximum absolute atomic E-state index is 12.2. The van der Waals surface area contributed by atoms with E-state index >= 15 is 0 Å². The van der Waals surface area contributed by atoms with Crippen LogP contribution in [0.3, 0.4) is 0 Å². The number of carbonyl (C=O) groups excluding carboxylic acids is 1. The number of nitrogens with two attached hydrogens (primary N) is 1. The molecule has 9 heteroatoms. The van der Waals surface area contributed by atoms with Gasteiger partial charge in [0.25, 0.3) is 0 Å². The second-order valence-corrected chi connectivity index (χ2v) is 8.29. The molecule has 33 heavy (non-hydrogen) atoms. The first kappa shape index (κ1) is 22.8. The van der Waals surface area contributed by atoms with Crippen LogP contribution in [-0.2, 0) is 4.79 Å². The lowest BCUT2D eigenvalue weighted by Crippen LogP contribution is -2.22. The fraction of sp³-hybridized carbons (Fsp3) is 0.0833. The average Bonchev–Trinajstić information content (AvgIpc) is 2.77. The van der Waals surface area contributed by atoms with Gasteiger partial charge in [-0.15, -0.1) is 0 Å². The number of hydrogen-bond donors (Lipinski definition) is 1. The highest BCUT2D eigenvalue weighted by Gasteiger charge is 2.32. The van der Waals surface area contributed by atoms with Gasteiger partial charge in [-0.1, -0.05) is 53.0 Å². The van der Waals surface area contributed by atoms with Crippen molar-refractivity contribution in [1.82, 2.24) is 0 Å². The number of halogens is 3. The third-order valence-electron chi connectivity index (χ3n) is 4.85. The molecule has 0 amide bonds. The number of allylic oxidation sites excluding steroid dienone is 1. The Morgan fingerprint density at radius 2 is 1.76 bits per heavy atom. The maximum atomic E-state index is 12.2. The van der Waals surface area contributed by atoms with E-state index < -0.39 is 11.9 Å². The minimum Gasteiger partial charge on any atom is -0.482 e. The van der Waals surface area contributed by atoms with E-state index in [0.29, 0.717) is 37.7 Å². The fourth-order valence-corrected chi connectivity index (χ4v) is 4.11. The Kier molecular flexibility index (Phi) is 6.66. The van der Waals surface area contributed by atoms with Crippen LogP contribution in [0.15, 0.2) is 72.1 Å². The van der Waals surface area contributed by atoms with Crippen molar-refractivity contribution < 1.29 is 19.0 Å². The van der Waals surface area contributed by atoms with Crippen LogP contribution in [0.1, 0.15) is 17.0 Å². The van der Waals surface area contributed by atoms with Crippen LogP contribution >= 0.6 is 34.8 Å². The van der Waals surface area contributed by atoms with Gasteiger partial charge < -0.3 is 19.9 Å². The van der Waals surface area contributed by atoms with Crippen molar-refractivity contribution >= 4 is 40.8 Å². The Morgan fingerprint density at radius 1 is 1.00 bits per heavy atom. The van der Waals surface area contributed by atoms with Crippen LogP contribution in [0.4, 0.5) is 0 Å². The molecular weight excluding hydrogens is 487 g/mol. The van der Waals surface area contributed by atoms with Crippen molar-refractivity contribution in [3.63, 3.8) is 0 Å². The zero-order valence-electron chi connectivity index (χ0n) is 16.8. The van der Waals surface area contributed by atoms with Crippen molar-refractivity contribution in [3.05, 3.63) is 98.3 Å². The molecule has 1 unspecified atom stereocenters. The second kappa shape index (κ2) is 9.63. The first-order valence-electron chi connectivity index (χ1n) is 9.61. The Hall–Kier alpha value is -3.37. The van der Waals surface area contributed by atoms with Crippen LogP contribution in [-0.4, -0.2) is 12.6 Å². The van der Waals surface area contributed by atoms with Crippen molar-refractivity contribution in [2.24, 2.45) is 5.73 Å². The van der Waals surface area contributed by atoms with Crippen molar-refractivity contribution in [2.75, 3.05) is 6.61 Å². The summed E-state index contributed by atoms with van der Waals surface area (Å²) in [7, 11) is 0. The van der Waals surface area contributed by atoms with E-state index in [0.717, 1.165) is 0 Å². The predicted octanol–water partition coefficient (Wildman–Crippen LogP) is 5.85. The summed E-state index contributed by atoms with van der Waals surface area (Å²) in [6.45, 7) is -0.318. The van der Waals surface area contributed by atoms with E-state index in [4.69, 9.17) is 54.7 Å². The van der Waals surface area contributed by atoms with Crippen LogP contribution in [0.5, 0.6) is 17.2 Å². The van der Waals surface area contributed by atoms with Gasteiger partial charge in [0.15, 0.2) is 6.61 Å². The van der Waals surface area contributed by atoms with Crippen molar-refractivity contribution in [2.45, 2.75) is 5.92 Å². The largest absolute Gasteiger partial charge is 0.482 e. The van der Waals surface area contributed by atoms with Gasteiger partial charge >= 0.3 is 5.97 Å². The summed E-state index contributed by atoms with van der Waals surface area (Å²) < 4.78 is 16.4. The Morgan fingerprint density at radius 3 is 2.48 bits per heavy atom. The Bertz CT molecular complexity index is 1320. The van der Waals surface area contributed by atoms with E-state index in [2.05, 4.69) is 6.07 Å². The molecule has 1 atom stereocenters. The average molecular weight is 502 g/mol. The SMILES string of the molecule is N#CC1=C(N)Oc2cc(OC(=O)COc3cccc(Cl)c3)ccc2C1c1ccc(Cl)cc1Cl. The molecule has 3 aromatic rings. The zero-order valence-corrected chi connectivity index (χ0v) is 19.1. The van der Waals surface area contributed by atoms with Gasteiger partial charge in [0.1, 0.15) is 28.9 Å². The summed E-state index contributed by atoms with van der Waals surface area (Å²) >= 11 is 18.3. The first-order valence-corrected chi connectivity index (χ1v) is 10.7. The van der Waals surface area contributed by atoms with E-state index in [9.17, 15) is 10.1 Å². The summed E-state index contributed by atoms with van der Waals surface area (Å²) in [5.41, 5.74) is 7.51. The lowest BCUT2D eigenvalue weighted by Gasteiger charge is -2.27. The molecule has 1 aliphatic rings. The summed E-state index contributed by atoms with van der Waals surface area (Å²) in [5, 5.41) is 11.0. The van der Waals surface area contributed by atoms with Crippen LogP contribution < -0.4 is 19.9 Å². The van der Waals surface area contributed by atoms with Gasteiger partial charge in [0.05, 0.1) is 5.92 Å². The smallest absolute Gasteiger partial charge is 0.349 e. The predicted molar refractivity (Wildman–Crippen MR) is 125 cm³/mol.